The van der Waals surface area contributed by atoms with Gasteiger partial charge in [-0.05, 0) is 6.92 Å². The quantitative estimate of drug-likeness (QED) is 0.859. The van der Waals surface area contributed by atoms with Crippen LogP contribution in [0.2, 0.25) is 4.47 Å². The third-order valence-corrected chi connectivity index (χ3v) is 6.26. The van der Waals surface area contributed by atoms with Gasteiger partial charge in [-0.2, -0.15) is 0 Å². The Labute approximate surface area is 120 Å². The smallest absolute Gasteiger partial charge is 0.252 e. The zero-order valence-electron chi connectivity index (χ0n) is 10.3. The summed E-state index contributed by atoms with van der Waals surface area (Å²) in [6.07, 6.45) is 0.829. The predicted octanol–water partition coefficient (Wildman–Crippen LogP) is 0.925. The minimum Gasteiger partial charge on any atom is -0.388 e. The van der Waals surface area contributed by atoms with Crippen molar-refractivity contribution in [1.82, 2.24) is 9.71 Å². The van der Waals surface area contributed by atoms with Gasteiger partial charge < -0.3 is 9.84 Å². The maximum Gasteiger partial charge on any atom is 0.252 e. The fraction of sp³-hybridized carbons (Fsp3) is 0.700. The molecule has 1 aromatic heterocycles. The van der Waals surface area contributed by atoms with Crippen LogP contribution in [0.5, 0.6) is 0 Å². The highest BCUT2D eigenvalue weighted by atomic mass is 35.5. The van der Waals surface area contributed by atoms with Crippen molar-refractivity contribution in [3.05, 3.63) is 10.2 Å². The van der Waals surface area contributed by atoms with Crippen molar-refractivity contribution in [2.45, 2.75) is 29.6 Å². The number of hydrogen-bond acceptors (Lipinski definition) is 6. The number of thiazole rings is 1. The zero-order valence-corrected chi connectivity index (χ0v) is 12.7. The van der Waals surface area contributed by atoms with Crippen LogP contribution in [0.3, 0.4) is 0 Å². The lowest BCUT2D eigenvalue weighted by Crippen LogP contribution is -2.46. The molecule has 0 atom stereocenters. The molecule has 0 aromatic carbocycles. The van der Waals surface area contributed by atoms with Crippen LogP contribution in [-0.2, 0) is 14.8 Å². The Hall–Kier alpha value is -0.250. The first-order valence-electron chi connectivity index (χ1n) is 5.75. The van der Waals surface area contributed by atoms with E-state index in [1.54, 1.807) is 6.92 Å². The van der Waals surface area contributed by atoms with E-state index in [2.05, 4.69) is 9.71 Å². The van der Waals surface area contributed by atoms with Gasteiger partial charge in [0.1, 0.15) is 0 Å². The standard InChI is InChI=1S/C10H15ClN2O4S2/c1-7-8(18-9(11)13-7)19(15,16)12-6-10(14)2-4-17-5-3-10/h12,14H,2-6H2,1H3. The molecule has 0 saturated carbocycles. The second-order valence-electron chi connectivity index (χ2n) is 4.50. The third kappa shape index (κ3) is 3.65. The van der Waals surface area contributed by atoms with E-state index >= 15 is 0 Å². The Bertz CT molecular complexity index is 552. The van der Waals surface area contributed by atoms with Crippen molar-refractivity contribution < 1.29 is 18.3 Å². The number of hydrogen-bond donors (Lipinski definition) is 2. The van der Waals surface area contributed by atoms with Crippen LogP contribution >= 0.6 is 22.9 Å². The highest BCUT2D eigenvalue weighted by Gasteiger charge is 2.32. The summed E-state index contributed by atoms with van der Waals surface area (Å²) in [5.74, 6) is 0. The zero-order chi connectivity index (χ0) is 14.1. The second kappa shape index (κ2) is 5.63. The Balaban J connectivity index is 2.07. The number of rotatable bonds is 4. The van der Waals surface area contributed by atoms with Crippen LogP contribution in [0.25, 0.3) is 0 Å². The van der Waals surface area contributed by atoms with Crippen LogP contribution in [0.15, 0.2) is 4.21 Å². The van der Waals surface area contributed by atoms with Gasteiger partial charge in [-0.25, -0.2) is 18.1 Å². The van der Waals surface area contributed by atoms with Gasteiger partial charge in [-0.3, -0.25) is 0 Å². The van der Waals surface area contributed by atoms with Crippen molar-refractivity contribution in [3.8, 4) is 0 Å². The van der Waals surface area contributed by atoms with E-state index in [0.29, 0.717) is 31.7 Å². The van der Waals surface area contributed by atoms with Gasteiger partial charge in [0.05, 0.1) is 11.3 Å². The van der Waals surface area contributed by atoms with Gasteiger partial charge in [-0.1, -0.05) is 22.9 Å². The Morgan fingerprint density at radius 2 is 2.16 bits per heavy atom. The van der Waals surface area contributed by atoms with E-state index in [1.165, 1.54) is 0 Å². The molecule has 0 aliphatic carbocycles. The van der Waals surface area contributed by atoms with Crippen molar-refractivity contribution >= 4 is 33.0 Å². The van der Waals surface area contributed by atoms with Crippen LogP contribution in [0, 0.1) is 6.92 Å². The maximum atomic E-state index is 12.1. The van der Waals surface area contributed by atoms with E-state index in [1.807, 2.05) is 0 Å². The molecule has 0 amide bonds. The van der Waals surface area contributed by atoms with E-state index in [-0.39, 0.29) is 15.2 Å². The number of ether oxygens (including phenoxy) is 1. The molecule has 1 aliphatic rings. The number of aryl methyl sites for hydroxylation is 1. The number of aliphatic hydroxyl groups is 1. The molecule has 0 unspecified atom stereocenters. The van der Waals surface area contributed by atoms with Gasteiger partial charge in [0.2, 0.25) is 0 Å². The summed E-state index contributed by atoms with van der Waals surface area (Å²) in [5.41, 5.74) is -0.685. The van der Waals surface area contributed by atoms with Crippen molar-refractivity contribution in [3.63, 3.8) is 0 Å². The molecule has 2 N–H and O–H groups in total. The van der Waals surface area contributed by atoms with Gasteiger partial charge in [0.25, 0.3) is 10.0 Å². The third-order valence-electron chi connectivity index (χ3n) is 2.99. The van der Waals surface area contributed by atoms with Gasteiger partial charge in [0, 0.05) is 32.6 Å². The minimum absolute atomic E-state index is 0.0341. The highest BCUT2D eigenvalue weighted by molar-refractivity contribution is 7.91. The van der Waals surface area contributed by atoms with Gasteiger partial charge in [0.15, 0.2) is 8.68 Å². The molecule has 9 heteroatoms. The number of sulfonamides is 1. The molecular weight excluding hydrogens is 312 g/mol. The van der Waals surface area contributed by atoms with Crippen LogP contribution in [0.1, 0.15) is 18.5 Å². The molecule has 19 heavy (non-hydrogen) atoms. The summed E-state index contributed by atoms with van der Waals surface area (Å²) in [6.45, 7) is 2.42. The molecule has 6 nitrogen and oxygen atoms in total. The molecule has 1 fully saturated rings. The topological polar surface area (TPSA) is 88.5 Å². The molecule has 0 bridgehead atoms. The number of nitrogens with zero attached hydrogens (tertiary/aromatic N) is 1. The lowest BCUT2D eigenvalue weighted by atomic mass is 9.95. The molecule has 2 heterocycles. The van der Waals surface area contributed by atoms with E-state index in [9.17, 15) is 13.5 Å². The number of halogens is 1. The Morgan fingerprint density at radius 1 is 1.53 bits per heavy atom. The first-order chi connectivity index (χ1) is 8.82. The Kier molecular flexibility index (Phi) is 4.49. The molecular formula is C10H15ClN2O4S2. The first-order valence-corrected chi connectivity index (χ1v) is 8.43. The largest absolute Gasteiger partial charge is 0.388 e. The van der Waals surface area contributed by atoms with Gasteiger partial charge >= 0.3 is 0 Å². The SMILES string of the molecule is Cc1nc(Cl)sc1S(=O)(=O)NCC1(O)CCOCC1. The average molecular weight is 327 g/mol. The van der Waals surface area contributed by atoms with Gasteiger partial charge in [-0.15, -0.1) is 0 Å². The van der Waals surface area contributed by atoms with Crippen molar-refractivity contribution in [2.75, 3.05) is 19.8 Å². The summed E-state index contributed by atoms with van der Waals surface area (Å²) >= 11 is 6.60. The van der Waals surface area contributed by atoms with Crippen LogP contribution in [0.4, 0.5) is 0 Å². The summed E-state index contributed by atoms with van der Waals surface area (Å²) in [7, 11) is -3.69. The maximum absolute atomic E-state index is 12.1. The second-order valence-corrected chi connectivity index (χ2v) is 8.04. The fourth-order valence-corrected chi connectivity index (χ4v) is 4.72. The predicted molar refractivity (Wildman–Crippen MR) is 72.1 cm³/mol. The molecule has 1 aliphatic heterocycles. The molecule has 0 spiro atoms. The van der Waals surface area contributed by atoms with Crippen molar-refractivity contribution in [2.24, 2.45) is 0 Å². The lowest BCUT2D eigenvalue weighted by molar-refractivity contribution is -0.0588. The van der Waals surface area contributed by atoms with E-state index < -0.39 is 15.6 Å². The average Bonchev–Trinajstić information content (AvgIpc) is 2.68. The minimum atomic E-state index is -3.69. The Morgan fingerprint density at radius 3 is 2.68 bits per heavy atom. The monoisotopic (exact) mass is 326 g/mol. The summed E-state index contributed by atoms with van der Waals surface area (Å²) < 4.78 is 32.1. The molecule has 0 radical (unpaired) electrons. The number of aromatic nitrogens is 1. The highest BCUT2D eigenvalue weighted by Crippen LogP contribution is 2.27. The summed E-state index contributed by atoms with van der Waals surface area (Å²) in [6, 6.07) is 0. The normalized spacial score (nSPS) is 19.5. The lowest BCUT2D eigenvalue weighted by Gasteiger charge is -2.31. The first kappa shape index (κ1) is 15.1. The van der Waals surface area contributed by atoms with Crippen LogP contribution in [-0.4, -0.2) is 43.9 Å². The molecule has 1 saturated heterocycles. The summed E-state index contributed by atoms with van der Waals surface area (Å²) in [5, 5.41) is 10.2. The fourth-order valence-electron chi connectivity index (χ4n) is 1.82. The molecule has 108 valence electrons. The molecule has 2 rings (SSSR count). The van der Waals surface area contributed by atoms with Crippen molar-refractivity contribution in [1.29, 1.82) is 0 Å². The number of nitrogens with one attached hydrogen (secondary N) is 1. The van der Waals surface area contributed by atoms with E-state index in [4.69, 9.17) is 16.3 Å². The van der Waals surface area contributed by atoms with Crippen LogP contribution < -0.4 is 4.72 Å². The van der Waals surface area contributed by atoms with E-state index in [0.717, 1.165) is 11.3 Å². The molecule has 1 aromatic rings. The summed E-state index contributed by atoms with van der Waals surface area (Å²) in [4.78, 5) is 3.87.